The van der Waals surface area contributed by atoms with Gasteiger partial charge in [-0.25, -0.2) is 14.6 Å². The van der Waals surface area contributed by atoms with E-state index in [9.17, 15) is 14.7 Å². The molecular weight excluding hydrogens is 464 g/mol. The molecule has 1 aliphatic heterocycles. The van der Waals surface area contributed by atoms with Gasteiger partial charge in [0.1, 0.15) is 23.4 Å². The van der Waals surface area contributed by atoms with Crippen LogP contribution in [0.2, 0.25) is 0 Å². The van der Waals surface area contributed by atoms with E-state index in [0.717, 1.165) is 36.8 Å². The fourth-order valence-corrected chi connectivity index (χ4v) is 5.09. The number of carbonyl (C=O) groups excluding carboxylic acids is 1. The van der Waals surface area contributed by atoms with Crippen molar-refractivity contribution in [3.8, 4) is 0 Å². The molecule has 1 aromatic carbocycles. The zero-order valence-electron chi connectivity index (χ0n) is 17.1. The first-order chi connectivity index (χ1) is 14.9. The molecule has 2 aliphatic rings. The van der Waals surface area contributed by atoms with Crippen LogP contribution in [0.3, 0.4) is 0 Å². The third-order valence-electron chi connectivity index (χ3n) is 6.29. The standard InChI is InChI=1S/C23H25BrN2O5/c24-19-9-8-18(12-25-19)23(31-14-20(27)28)15-22(10-4-5-11-22)26(16-23)21(29)30-13-17-6-2-1-3-7-17/h1-3,6-9,12H,4-5,10-11,13-16H2,(H,27,28). The summed E-state index contributed by atoms with van der Waals surface area (Å²) in [5.74, 6) is -1.05. The molecule has 31 heavy (non-hydrogen) atoms. The molecule has 1 unspecified atom stereocenters. The predicted molar refractivity (Wildman–Crippen MR) is 116 cm³/mol. The number of carboxylic acids is 1. The maximum atomic E-state index is 13.2. The van der Waals surface area contributed by atoms with Gasteiger partial charge in [0.05, 0.1) is 6.54 Å². The Balaban J connectivity index is 1.62. The summed E-state index contributed by atoms with van der Waals surface area (Å²) in [6, 6.07) is 13.2. The second-order valence-electron chi connectivity index (χ2n) is 8.28. The lowest BCUT2D eigenvalue weighted by molar-refractivity contribution is -0.150. The molecule has 2 heterocycles. The van der Waals surface area contributed by atoms with E-state index < -0.39 is 29.8 Å². The summed E-state index contributed by atoms with van der Waals surface area (Å²) in [7, 11) is 0. The van der Waals surface area contributed by atoms with Crippen LogP contribution in [-0.4, -0.2) is 45.7 Å². The lowest BCUT2D eigenvalue weighted by Crippen LogP contribution is -2.45. The number of hydrogen-bond donors (Lipinski definition) is 1. The highest BCUT2D eigenvalue weighted by molar-refractivity contribution is 9.10. The smallest absolute Gasteiger partial charge is 0.410 e. The predicted octanol–water partition coefficient (Wildman–Crippen LogP) is 4.50. The minimum Gasteiger partial charge on any atom is -0.480 e. The molecule has 1 aromatic heterocycles. The van der Waals surface area contributed by atoms with Gasteiger partial charge in [-0.3, -0.25) is 4.90 Å². The number of halogens is 1. The van der Waals surface area contributed by atoms with Crippen LogP contribution in [0, 0.1) is 0 Å². The van der Waals surface area contributed by atoms with Crippen molar-refractivity contribution in [2.45, 2.75) is 49.9 Å². The van der Waals surface area contributed by atoms with Crippen molar-refractivity contribution < 1.29 is 24.2 Å². The van der Waals surface area contributed by atoms with Crippen LogP contribution in [-0.2, 0) is 26.5 Å². The lowest BCUT2D eigenvalue weighted by atomic mass is 9.84. The Kier molecular flexibility index (Phi) is 6.29. The highest BCUT2D eigenvalue weighted by Gasteiger charge is 2.58. The Labute approximate surface area is 189 Å². The molecule has 2 fully saturated rings. The Bertz CT molecular complexity index is 931. The van der Waals surface area contributed by atoms with Gasteiger partial charge in [-0.15, -0.1) is 0 Å². The molecule has 0 bridgehead atoms. The van der Waals surface area contributed by atoms with Crippen molar-refractivity contribution in [1.29, 1.82) is 0 Å². The topological polar surface area (TPSA) is 89.0 Å². The number of rotatable bonds is 6. The molecule has 164 valence electrons. The molecule has 1 amide bonds. The summed E-state index contributed by atoms with van der Waals surface area (Å²) in [6.45, 7) is -0.0225. The van der Waals surface area contributed by atoms with Crippen LogP contribution < -0.4 is 0 Å². The number of carboxylic acid groups (broad SMARTS) is 1. The monoisotopic (exact) mass is 488 g/mol. The summed E-state index contributed by atoms with van der Waals surface area (Å²) >= 11 is 3.34. The molecule has 2 aromatic rings. The fraction of sp³-hybridized carbons (Fsp3) is 0.435. The van der Waals surface area contributed by atoms with Gasteiger partial charge < -0.3 is 14.6 Å². The van der Waals surface area contributed by atoms with Crippen LogP contribution >= 0.6 is 15.9 Å². The number of amides is 1. The van der Waals surface area contributed by atoms with Crippen molar-refractivity contribution >= 4 is 28.0 Å². The largest absolute Gasteiger partial charge is 0.480 e. The van der Waals surface area contributed by atoms with E-state index in [1.165, 1.54) is 0 Å². The van der Waals surface area contributed by atoms with Crippen molar-refractivity contribution in [2.75, 3.05) is 13.2 Å². The Hall–Kier alpha value is -2.45. The minimum absolute atomic E-state index is 0.190. The number of ether oxygens (including phenoxy) is 2. The second kappa shape index (κ2) is 8.96. The van der Waals surface area contributed by atoms with Crippen LogP contribution in [0.1, 0.15) is 43.2 Å². The highest BCUT2D eigenvalue weighted by atomic mass is 79.9. The molecule has 7 nitrogen and oxygen atoms in total. The first kappa shape index (κ1) is 21.8. The zero-order valence-corrected chi connectivity index (χ0v) is 18.7. The molecule has 1 spiro atoms. The molecule has 8 heteroatoms. The number of likely N-dealkylation sites (tertiary alicyclic amines) is 1. The molecule has 1 saturated carbocycles. The molecule has 1 atom stereocenters. The average molecular weight is 489 g/mol. The molecule has 1 saturated heterocycles. The highest BCUT2D eigenvalue weighted by Crippen LogP contribution is 2.52. The van der Waals surface area contributed by atoms with Gasteiger partial charge in [0.15, 0.2) is 0 Å². The van der Waals surface area contributed by atoms with E-state index in [1.54, 1.807) is 17.2 Å². The summed E-state index contributed by atoms with van der Waals surface area (Å²) < 4.78 is 12.3. The summed E-state index contributed by atoms with van der Waals surface area (Å²) in [6.07, 6.45) is 5.53. The maximum Gasteiger partial charge on any atom is 0.410 e. The normalized spacial score (nSPS) is 22.0. The van der Waals surface area contributed by atoms with Gasteiger partial charge in [-0.1, -0.05) is 49.2 Å². The third-order valence-corrected chi connectivity index (χ3v) is 6.76. The number of nitrogens with zero attached hydrogens (tertiary/aromatic N) is 2. The van der Waals surface area contributed by atoms with E-state index in [-0.39, 0.29) is 13.2 Å². The minimum atomic E-state index is -1.05. The van der Waals surface area contributed by atoms with Crippen molar-refractivity contribution in [3.63, 3.8) is 0 Å². The van der Waals surface area contributed by atoms with Crippen molar-refractivity contribution in [1.82, 2.24) is 9.88 Å². The zero-order chi connectivity index (χ0) is 21.9. The van der Waals surface area contributed by atoms with Crippen LogP contribution in [0.25, 0.3) is 0 Å². The SMILES string of the molecule is O=C(O)COC1(c2ccc(Br)nc2)CN(C(=O)OCc2ccccc2)C2(CCCC2)C1. The first-order valence-electron chi connectivity index (χ1n) is 10.4. The van der Waals surface area contributed by atoms with Crippen LogP contribution in [0.15, 0.2) is 53.3 Å². The number of hydrogen-bond acceptors (Lipinski definition) is 5. The average Bonchev–Trinajstić information content (AvgIpc) is 3.37. The quantitative estimate of drug-likeness (QED) is 0.602. The summed E-state index contributed by atoms with van der Waals surface area (Å²) in [4.78, 5) is 30.6. The van der Waals surface area contributed by atoms with E-state index in [2.05, 4.69) is 20.9 Å². The first-order valence-corrected chi connectivity index (χ1v) is 11.2. The molecule has 4 rings (SSSR count). The number of benzene rings is 1. The molecule has 0 radical (unpaired) electrons. The van der Waals surface area contributed by atoms with Gasteiger partial charge in [-0.05, 0) is 40.4 Å². The van der Waals surface area contributed by atoms with Gasteiger partial charge in [0.25, 0.3) is 0 Å². The lowest BCUT2D eigenvalue weighted by Gasteiger charge is -2.33. The summed E-state index contributed by atoms with van der Waals surface area (Å²) in [5, 5.41) is 9.27. The van der Waals surface area contributed by atoms with E-state index in [0.29, 0.717) is 11.0 Å². The van der Waals surface area contributed by atoms with Gasteiger partial charge in [0, 0.05) is 23.7 Å². The van der Waals surface area contributed by atoms with E-state index in [4.69, 9.17) is 9.47 Å². The number of carbonyl (C=O) groups is 2. The number of aromatic nitrogens is 1. The van der Waals surface area contributed by atoms with Gasteiger partial charge >= 0.3 is 12.1 Å². The van der Waals surface area contributed by atoms with E-state index in [1.807, 2.05) is 36.4 Å². The Morgan fingerprint density at radius 1 is 1.13 bits per heavy atom. The number of aliphatic carboxylic acids is 1. The van der Waals surface area contributed by atoms with Crippen molar-refractivity contribution in [2.24, 2.45) is 0 Å². The summed E-state index contributed by atoms with van der Waals surface area (Å²) in [5.41, 5.74) is 0.337. The Morgan fingerprint density at radius 2 is 1.87 bits per heavy atom. The van der Waals surface area contributed by atoms with Crippen LogP contribution in [0.5, 0.6) is 0 Å². The molecule has 1 aliphatic carbocycles. The number of pyridine rings is 1. The second-order valence-corrected chi connectivity index (χ2v) is 9.09. The van der Waals surface area contributed by atoms with E-state index >= 15 is 0 Å². The Morgan fingerprint density at radius 3 is 2.52 bits per heavy atom. The van der Waals surface area contributed by atoms with Gasteiger partial charge in [-0.2, -0.15) is 0 Å². The molecule has 1 N–H and O–H groups in total. The van der Waals surface area contributed by atoms with Crippen LogP contribution in [0.4, 0.5) is 4.79 Å². The van der Waals surface area contributed by atoms with Crippen molar-refractivity contribution in [3.05, 3.63) is 64.4 Å². The van der Waals surface area contributed by atoms with Gasteiger partial charge in [0.2, 0.25) is 0 Å². The third kappa shape index (κ3) is 4.60. The maximum absolute atomic E-state index is 13.2. The fourth-order valence-electron chi connectivity index (χ4n) is 4.86. The molecular formula is C23H25BrN2O5.